The third kappa shape index (κ3) is 4.89. The molecule has 0 aromatic carbocycles. The van der Waals surface area contributed by atoms with Gasteiger partial charge in [-0.1, -0.05) is 0 Å². The Kier molecular flexibility index (Phi) is 7.19. The van der Waals surface area contributed by atoms with E-state index in [0.29, 0.717) is 19.8 Å². The summed E-state index contributed by atoms with van der Waals surface area (Å²) in [7, 11) is 5.25. The van der Waals surface area contributed by atoms with Crippen LogP contribution in [0.3, 0.4) is 0 Å². The molecule has 6 heteroatoms. The van der Waals surface area contributed by atoms with E-state index in [1.807, 2.05) is 0 Å². The maximum atomic E-state index is 12.0. The molecule has 0 aromatic heterocycles. The number of amides is 1. The topological polar surface area (TPSA) is 54.0 Å². The van der Waals surface area contributed by atoms with Gasteiger partial charge in [-0.3, -0.25) is 9.69 Å². The van der Waals surface area contributed by atoms with Crippen LogP contribution >= 0.6 is 0 Å². The maximum Gasteiger partial charge on any atom is 0.240 e. The Morgan fingerprint density at radius 1 is 1.39 bits per heavy atom. The summed E-state index contributed by atoms with van der Waals surface area (Å²) in [5.41, 5.74) is 0. The second kappa shape index (κ2) is 8.42. The van der Waals surface area contributed by atoms with Crippen LogP contribution in [0.1, 0.15) is 0 Å². The molecule has 1 rings (SSSR count). The van der Waals surface area contributed by atoms with Gasteiger partial charge in [-0.15, -0.1) is 0 Å². The van der Waals surface area contributed by atoms with Gasteiger partial charge in [-0.2, -0.15) is 0 Å². The van der Waals surface area contributed by atoms with E-state index in [2.05, 4.69) is 10.2 Å². The quantitative estimate of drug-likeness (QED) is 0.595. The van der Waals surface area contributed by atoms with E-state index in [1.54, 1.807) is 26.1 Å². The van der Waals surface area contributed by atoms with Crippen LogP contribution < -0.4 is 5.32 Å². The Morgan fingerprint density at radius 3 is 2.83 bits per heavy atom. The number of piperazine rings is 1. The zero-order chi connectivity index (χ0) is 13.4. The van der Waals surface area contributed by atoms with Crippen LogP contribution in [0.25, 0.3) is 0 Å². The minimum atomic E-state index is -0.0697. The number of likely N-dealkylation sites (N-methyl/N-ethyl adjacent to an activating group) is 1. The molecule has 1 atom stereocenters. The Morgan fingerprint density at radius 2 is 2.17 bits per heavy atom. The summed E-state index contributed by atoms with van der Waals surface area (Å²) in [6.07, 6.45) is 0. The lowest BCUT2D eigenvalue weighted by Gasteiger charge is -2.36. The number of methoxy groups -OCH3 is 1. The van der Waals surface area contributed by atoms with E-state index in [-0.39, 0.29) is 11.9 Å². The molecule has 1 N–H and O–H groups in total. The average Bonchev–Trinajstić information content (AvgIpc) is 2.38. The minimum Gasteiger partial charge on any atom is -0.382 e. The molecule has 18 heavy (non-hydrogen) atoms. The van der Waals surface area contributed by atoms with Crippen molar-refractivity contribution in [3.8, 4) is 0 Å². The van der Waals surface area contributed by atoms with Gasteiger partial charge in [0.2, 0.25) is 5.91 Å². The van der Waals surface area contributed by atoms with Gasteiger partial charge in [-0.25, -0.2) is 0 Å². The molecule has 1 saturated heterocycles. The zero-order valence-corrected chi connectivity index (χ0v) is 11.6. The molecule has 1 heterocycles. The highest BCUT2D eigenvalue weighted by atomic mass is 16.5. The highest BCUT2D eigenvalue weighted by molar-refractivity contribution is 5.81. The van der Waals surface area contributed by atoms with Gasteiger partial charge in [0.1, 0.15) is 6.04 Å². The lowest BCUT2D eigenvalue weighted by molar-refractivity contribution is -0.135. The van der Waals surface area contributed by atoms with Crippen molar-refractivity contribution in [2.75, 3.05) is 67.2 Å². The second-order valence-corrected chi connectivity index (χ2v) is 4.59. The first-order valence-corrected chi connectivity index (χ1v) is 6.39. The summed E-state index contributed by atoms with van der Waals surface area (Å²) in [5.74, 6) is 0.152. The highest BCUT2D eigenvalue weighted by Crippen LogP contribution is 2.05. The molecule has 1 unspecified atom stereocenters. The molecule has 1 aliphatic heterocycles. The summed E-state index contributed by atoms with van der Waals surface area (Å²) in [6.45, 7) is 5.18. The van der Waals surface area contributed by atoms with Crippen molar-refractivity contribution in [2.24, 2.45) is 0 Å². The Balaban J connectivity index is 2.33. The third-order valence-corrected chi connectivity index (χ3v) is 3.03. The fourth-order valence-corrected chi connectivity index (χ4v) is 1.98. The van der Waals surface area contributed by atoms with Crippen LogP contribution in [0.5, 0.6) is 0 Å². The molecular formula is C12H25N3O3. The standard InChI is InChI=1S/C12H25N3O3/c1-14(2)12(16)11-10-13-4-5-15(11)6-7-18-9-8-17-3/h11,13H,4-10H2,1-3H3. The Hall–Kier alpha value is -0.690. The molecule has 0 radical (unpaired) electrons. The monoisotopic (exact) mass is 259 g/mol. The van der Waals surface area contributed by atoms with Crippen LogP contribution in [0, 0.1) is 0 Å². The van der Waals surface area contributed by atoms with E-state index < -0.39 is 0 Å². The molecular weight excluding hydrogens is 234 g/mol. The first-order valence-electron chi connectivity index (χ1n) is 6.39. The molecule has 1 fully saturated rings. The fraction of sp³-hybridized carbons (Fsp3) is 0.917. The fourth-order valence-electron chi connectivity index (χ4n) is 1.98. The average molecular weight is 259 g/mol. The van der Waals surface area contributed by atoms with Crippen molar-refractivity contribution in [3.63, 3.8) is 0 Å². The van der Waals surface area contributed by atoms with E-state index >= 15 is 0 Å². The zero-order valence-electron chi connectivity index (χ0n) is 11.6. The lowest BCUT2D eigenvalue weighted by atomic mass is 10.1. The van der Waals surface area contributed by atoms with E-state index in [4.69, 9.17) is 9.47 Å². The summed E-state index contributed by atoms with van der Waals surface area (Å²) in [5, 5.41) is 3.26. The molecule has 6 nitrogen and oxygen atoms in total. The molecule has 0 aromatic rings. The van der Waals surface area contributed by atoms with Crippen LogP contribution in [0.4, 0.5) is 0 Å². The number of hydrogen-bond donors (Lipinski definition) is 1. The van der Waals surface area contributed by atoms with E-state index in [0.717, 1.165) is 26.2 Å². The van der Waals surface area contributed by atoms with E-state index in [9.17, 15) is 4.79 Å². The van der Waals surface area contributed by atoms with Gasteiger partial charge in [0.15, 0.2) is 0 Å². The van der Waals surface area contributed by atoms with Gasteiger partial charge in [0.05, 0.1) is 19.8 Å². The van der Waals surface area contributed by atoms with Crippen LogP contribution in [-0.4, -0.2) is 89.0 Å². The molecule has 0 saturated carbocycles. The van der Waals surface area contributed by atoms with Gasteiger partial charge in [0, 0.05) is 47.4 Å². The summed E-state index contributed by atoms with van der Waals surface area (Å²) in [4.78, 5) is 15.9. The Labute approximate surface area is 109 Å². The highest BCUT2D eigenvalue weighted by Gasteiger charge is 2.29. The third-order valence-electron chi connectivity index (χ3n) is 3.03. The largest absolute Gasteiger partial charge is 0.382 e. The number of ether oxygens (including phenoxy) is 2. The van der Waals surface area contributed by atoms with Crippen molar-refractivity contribution in [1.29, 1.82) is 0 Å². The normalized spacial score (nSPS) is 20.9. The second-order valence-electron chi connectivity index (χ2n) is 4.59. The van der Waals surface area contributed by atoms with Gasteiger partial charge < -0.3 is 19.7 Å². The first-order chi connectivity index (χ1) is 8.66. The molecule has 106 valence electrons. The molecule has 1 amide bonds. The van der Waals surface area contributed by atoms with Crippen molar-refractivity contribution in [2.45, 2.75) is 6.04 Å². The summed E-state index contributed by atoms with van der Waals surface area (Å²) < 4.78 is 10.4. The predicted molar refractivity (Wildman–Crippen MR) is 69.6 cm³/mol. The number of nitrogens with one attached hydrogen (secondary N) is 1. The number of carbonyl (C=O) groups excluding carboxylic acids is 1. The molecule has 0 spiro atoms. The molecule has 1 aliphatic rings. The van der Waals surface area contributed by atoms with Crippen LogP contribution in [0.2, 0.25) is 0 Å². The van der Waals surface area contributed by atoms with Crippen molar-refractivity contribution in [3.05, 3.63) is 0 Å². The number of nitrogens with zero attached hydrogens (tertiary/aromatic N) is 2. The number of rotatable bonds is 7. The smallest absolute Gasteiger partial charge is 0.240 e. The van der Waals surface area contributed by atoms with E-state index in [1.165, 1.54) is 0 Å². The lowest BCUT2D eigenvalue weighted by Crippen LogP contribution is -2.58. The Bertz CT molecular complexity index is 249. The number of carbonyl (C=O) groups is 1. The van der Waals surface area contributed by atoms with Crippen molar-refractivity contribution < 1.29 is 14.3 Å². The number of hydrogen-bond acceptors (Lipinski definition) is 5. The molecule has 0 bridgehead atoms. The van der Waals surface area contributed by atoms with Gasteiger partial charge in [0.25, 0.3) is 0 Å². The minimum absolute atomic E-state index is 0.0697. The van der Waals surface area contributed by atoms with Crippen molar-refractivity contribution in [1.82, 2.24) is 15.1 Å². The van der Waals surface area contributed by atoms with Gasteiger partial charge >= 0.3 is 0 Å². The van der Waals surface area contributed by atoms with Crippen molar-refractivity contribution >= 4 is 5.91 Å². The van der Waals surface area contributed by atoms with Crippen LogP contribution in [0.15, 0.2) is 0 Å². The summed E-state index contributed by atoms with van der Waals surface area (Å²) >= 11 is 0. The summed E-state index contributed by atoms with van der Waals surface area (Å²) in [6, 6.07) is -0.0697. The first kappa shape index (κ1) is 15.4. The SMILES string of the molecule is COCCOCCN1CCNCC1C(=O)N(C)C. The van der Waals surface area contributed by atoms with Gasteiger partial charge in [-0.05, 0) is 0 Å². The molecule has 0 aliphatic carbocycles. The maximum absolute atomic E-state index is 12.0. The predicted octanol–water partition coefficient (Wildman–Crippen LogP) is -0.989. The van der Waals surface area contributed by atoms with Crippen LogP contribution in [-0.2, 0) is 14.3 Å².